The van der Waals surface area contributed by atoms with Gasteiger partial charge in [0.05, 0.1) is 6.61 Å². The molecule has 24 heavy (non-hydrogen) atoms. The predicted molar refractivity (Wildman–Crippen MR) is 101 cm³/mol. The number of aryl methyl sites for hydroxylation is 1. The summed E-state index contributed by atoms with van der Waals surface area (Å²) in [6.07, 6.45) is 2.14. The van der Waals surface area contributed by atoms with Gasteiger partial charge in [-0.3, -0.25) is 4.99 Å². The minimum absolute atomic E-state index is 0.682. The van der Waals surface area contributed by atoms with Gasteiger partial charge in [-0.05, 0) is 43.0 Å². The molecule has 0 spiro atoms. The molecular formula is C20H27N3O. The molecule has 0 aliphatic carbocycles. The van der Waals surface area contributed by atoms with Crippen molar-refractivity contribution in [2.75, 3.05) is 20.2 Å². The molecule has 2 N–H and O–H groups in total. The molecule has 128 valence electrons. The fourth-order valence-electron chi connectivity index (χ4n) is 2.46. The van der Waals surface area contributed by atoms with Crippen molar-refractivity contribution in [3.8, 4) is 5.75 Å². The third-order valence-electron chi connectivity index (χ3n) is 3.67. The number of aliphatic imine (C=N–C) groups is 1. The van der Waals surface area contributed by atoms with Crippen molar-refractivity contribution < 1.29 is 4.74 Å². The molecule has 2 aromatic rings. The molecule has 0 aliphatic rings. The highest BCUT2D eigenvalue weighted by molar-refractivity contribution is 5.79. The SMILES string of the molecule is CCOc1cccc(CNC(=NC)NCCCc2ccccc2)c1. The molecule has 0 radical (unpaired) electrons. The van der Waals surface area contributed by atoms with Crippen LogP contribution in [0.15, 0.2) is 59.6 Å². The molecule has 0 saturated carbocycles. The van der Waals surface area contributed by atoms with E-state index < -0.39 is 0 Å². The first kappa shape index (κ1) is 17.9. The van der Waals surface area contributed by atoms with Gasteiger partial charge in [0.15, 0.2) is 5.96 Å². The predicted octanol–water partition coefficient (Wildman–Crippen LogP) is 3.38. The smallest absolute Gasteiger partial charge is 0.191 e. The normalized spacial score (nSPS) is 11.2. The van der Waals surface area contributed by atoms with E-state index in [1.807, 2.05) is 25.1 Å². The van der Waals surface area contributed by atoms with Crippen LogP contribution in [0.1, 0.15) is 24.5 Å². The maximum Gasteiger partial charge on any atom is 0.191 e. The molecule has 2 rings (SSSR count). The van der Waals surface area contributed by atoms with E-state index in [0.717, 1.165) is 37.6 Å². The molecular weight excluding hydrogens is 298 g/mol. The molecule has 2 aromatic carbocycles. The molecule has 0 bridgehead atoms. The number of guanidine groups is 1. The largest absolute Gasteiger partial charge is 0.494 e. The Labute approximate surface area is 145 Å². The number of nitrogens with one attached hydrogen (secondary N) is 2. The van der Waals surface area contributed by atoms with Crippen LogP contribution in [0.2, 0.25) is 0 Å². The second kappa shape index (κ2) is 10.3. The van der Waals surface area contributed by atoms with Gasteiger partial charge in [0, 0.05) is 20.1 Å². The average Bonchev–Trinajstić information content (AvgIpc) is 2.63. The van der Waals surface area contributed by atoms with E-state index >= 15 is 0 Å². The van der Waals surface area contributed by atoms with E-state index in [1.165, 1.54) is 11.1 Å². The Morgan fingerprint density at radius 2 is 1.79 bits per heavy atom. The minimum Gasteiger partial charge on any atom is -0.494 e. The Balaban J connectivity index is 1.71. The maximum atomic E-state index is 5.53. The zero-order valence-electron chi connectivity index (χ0n) is 14.6. The Kier molecular flexibility index (Phi) is 7.68. The van der Waals surface area contributed by atoms with E-state index in [1.54, 1.807) is 7.05 Å². The van der Waals surface area contributed by atoms with Crippen molar-refractivity contribution in [3.63, 3.8) is 0 Å². The van der Waals surface area contributed by atoms with Gasteiger partial charge in [-0.25, -0.2) is 0 Å². The van der Waals surface area contributed by atoms with Crippen molar-refractivity contribution in [3.05, 3.63) is 65.7 Å². The third-order valence-corrected chi connectivity index (χ3v) is 3.67. The molecule has 0 atom stereocenters. The summed E-state index contributed by atoms with van der Waals surface area (Å²) in [7, 11) is 1.79. The maximum absolute atomic E-state index is 5.53. The number of hydrogen-bond acceptors (Lipinski definition) is 2. The first-order chi connectivity index (χ1) is 11.8. The van der Waals surface area contributed by atoms with E-state index in [4.69, 9.17) is 4.74 Å². The number of ether oxygens (including phenoxy) is 1. The van der Waals surface area contributed by atoms with Gasteiger partial charge in [-0.1, -0.05) is 42.5 Å². The highest BCUT2D eigenvalue weighted by Crippen LogP contribution is 2.12. The molecule has 0 amide bonds. The second-order valence-corrected chi connectivity index (χ2v) is 5.52. The summed E-state index contributed by atoms with van der Waals surface area (Å²) in [6, 6.07) is 18.7. The van der Waals surface area contributed by atoms with Crippen molar-refractivity contribution >= 4 is 5.96 Å². The van der Waals surface area contributed by atoms with Gasteiger partial charge >= 0.3 is 0 Å². The van der Waals surface area contributed by atoms with Crippen LogP contribution in [0, 0.1) is 0 Å². The topological polar surface area (TPSA) is 45.6 Å². The summed E-state index contributed by atoms with van der Waals surface area (Å²) < 4.78 is 5.53. The van der Waals surface area contributed by atoms with Gasteiger partial charge in [-0.15, -0.1) is 0 Å². The monoisotopic (exact) mass is 325 g/mol. The Morgan fingerprint density at radius 3 is 2.54 bits per heavy atom. The van der Waals surface area contributed by atoms with Crippen molar-refractivity contribution in [1.82, 2.24) is 10.6 Å². The number of hydrogen-bond donors (Lipinski definition) is 2. The molecule has 0 fully saturated rings. The van der Waals surface area contributed by atoms with Crippen LogP contribution in [0.25, 0.3) is 0 Å². The van der Waals surface area contributed by atoms with Crippen LogP contribution in [0.3, 0.4) is 0 Å². The summed E-state index contributed by atoms with van der Waals surface area (Å²) in [6.45, 7) is 4.29. The van der Waals surface area contributed by atoms with Crippen molar-refractivity contribution in [2.45, 2.75) is 26.3 Å². The molecule has 0 saturated heterocycles. The van der Waals surface area contributed by atoms with Crippen LogP contribution in [0.5, 0.6) is 5.75 Å². The van der Waals surface area contributed by atoms with Crippen LogP contribution >= 0.6 is 0 Å². The van der Waals surface area contributed by atoms with Gasteiger partial charge in [-0.2, -0.15) is 0 Å². The highest BCUT2D eigenvalue weighted by atomic mass is 16.5. The molecule has 4 heteroatoms. The van der Waals surface area contributed by atoms with Gasteiger partial charge in [0.2, 0.25) is 0 Å². The Hall–Kier alpha value is -2.49. The summed E-state index contributed by atoms with van der Waals surface area (Å²) in [5, 5.41) is 6.69. The zero-order valence-corrected chi connectivity index (χ0v) is 14.6. The van der Waals surface area contributed by atoms with Crippen LogP contribution in [-0.4, -0.2) is 26.2 Å². The summed E-state index contributed by atoms with van der Waals surface area (Å²) >= 11 is 0. The lowest BCUT2D eigenvalue weighted by molar-refractivity contribution is 0.340. The lowest BCUT2D eigenvalue weighted by Crippen LogP contribution is -2.37. The summed E-state index contributed by atoms with van der Waals surface area (Å²) in [5.74, 6) is 1.73. The lowest BCUT2D eigenvalue weighted by atomic mass is 10.1. The van der Waals surface area contributed by atoms with E-state index in [0.29, 0.717) is 6.61 Å². The van der Waals surface area contributed by atoms with Crippen molar-refractivity contribution in [1.29, 1.82) is 0 Å². The average molecular weight is 325 g/mol. The highest BCUT2D eigenvalue weighted by Gasteiger charge is 2.00. The minimum atomic E-state index is 0.682. The molecule has 0 aliphatic heterocycles. The van der Waals surface area contributed by atoms with Gasteiger partial charge < -0.3 is 15.4 Å². The van der Waals surface area contributed by atoms with E-state index in [9.17, 15) is 0 Å². The second-order valence-electron chi connectivity index (χ2n) is 5.52. The third kappa shape index (κ3) is 6.32. The first-order valence-electron chi connectivity index (χ1n) is 8.52. The number of benzene rings is 2. The summed E-state index contributed by atoms with van der Waals surface area (Å²) in [4.78, 5) is 4.27. The van der Waals surface area contributed by atoms with E-state index in [-0.39, 0.29) is 0 Å². The summed E-state index contributed by atoms with van der Waals surface area (Å²) in [5.41, 5.74) is 2.54. The molecule has 4 nitrogen and oxygen atoms in total. The molecule has 0 heterocycles. The Morgan fingerprint density at radius 1 is 1.00 bits per heavy atom. The van der Waals surface area contributed by atoms with Gasteiger partial charge in [0.25, 0.3) is 0 Å². The van der Waals surface area contributed by atoms with Crippen LogP contribution in [-0.2, 0) is 13.0 Å². The quantitative estimate of drug-likeness (QED) is 0.444. The van der Waals surface area contributed by atoms with Gasteiger partial charge in [0.1, 0.15) is 5.75 Å². The molecule has 0 unspecified atom stereocenters. The lowest BCUT2D eigenvalue weighted by Gasteiger charge is -2.12. The van der Waals surface area contributed by atoms with E-state index in [2.05, 4.69) is 52.0 Å². The zero-order chi connectivity index (χ0) is 17.0. The Bertz CT molecular complexity index is 626. The first-order valence-corrected chi connectivity index (χ1v) is 8.52. The van der Waals surface area contributed by atoms with Crippen LogP contribution < -0.4 is 15.4 Å². The molecule has 0 aromatic heterocycles. The fourth-order valence-corrected chi connectivity index (χ4v) is 2.46. The fraction of sp³-hybridized carbons (Fsp3) is 0.350. The standard InChI is InChI=1S/C20H27N3O/c1-3-24-19-13-7-11-18(15-19)16-23-20(21-2)22-14-8-12-17-9-5-4-6-10-17/h4-7,9-11,13,15H,3,8,12,14,16H2,1-2H3,(H2,21,22,23). The number of nitrogens with zero attached hydrogens (tertiary/aromatic N) is 1. The van der Waals surface area contributed by atoms with Crippen molar-refractivity contribution in [2.24, 2.45) is 4.99 Å². The number of rotatable bonds is 8. The van der Waals surface area contributed by atoms with Crippen LogP contribution in [0.4, 0.5) is 0 Å².